The molecule has 1 aromatic carbocycles. The van der Waals surface area contributed by atoms with E-state index < -0.39 is 23.8 Å². The van der Waals surface area contributed by atoms with Crippen LogP contribution in [0, 0.1) is 11.8 Å². The van der Waals surface area contributed by atoms with E-state index in [-0.39, 0.29) is 5.91 Å². The molecule has 2 rings (SSSR count). The lowest BCUT2D eigenvalue weighted by Gasteiger charge is -2.31. The molecule has 0 unspecified atom stereocenters. The molecular formula is C16H18NO5-. The SMILES string of the molecule is COC(=O)c1ccc(NC(=O)[C@@H]2CCCC[C@H]2C(=O)[O-])cc1. The Balaban J connectivity index is 2.04. The fourth-order valence-electron chi connectivity index (χ4n) is 2.77. The van der Waals surface area contributed by atoms with Gasteiger partial charge in [0.05, 0.1) is 12.7 Å². The molecule has 6 heteroatoms. The smallest absolute Gasteiger partial charge is 0.337 e. The molecule has 0 heterocycles. The summed E-state index contributed by atoms with van der Waals surface area (Å²) in [5.74, 6) is -3.25. The Kier molecular flexibility index (Phi) is 5.14. The normalized spacial score (nSPS) is 21.0. The summed E-state index contributed by atoms with van der Waals surface area (Å²) in [5, 5.41) is 13.8. The maximum Gasteiger partial charge on any atom is 0.337 e. The van der Waals surface area contributed by atoms with E-state index in [1.54, 1.807) is 24.3 Å². The van der Waals surface area contributed by atoms with Crippen LogP contribution in [0.5, 0.6) is 0 Å². The van der Waals surface area contributed by atoms with E-state index >= 15 is 0 Å². The maximum atomic E-state index is 12.3. The van der Waals surface area contributed by atoms with Crippen molar-refractivity contribution >= 4 is 23.5 Å². The number of hydrogen-bond acceptors (Lipinski definition) is 5. The van der Waals surface area contributed by atoms with Crippen molar-refractivity contribution in [1.82, 2.24) is 0 Å². The van der Waals surface area contributed by atoms with Gasteiger partial charge in [-0.3, -0.25) is 4.79 Å². The molecule has 1 amide bonds. The summed E-state index contributed by atoms with van der Waals surface area (Å²) >= 11 is 0. The van der Waals surface area contributed by atoms with Gasteiger partial charge in [-0.25, -0.2) is 4.79 Å². The van der Waals surface area contributed by atoms with E-state index in [1.165, 1.54) is 7.11 Å². The first-order chi connectivity index (χ1) is 10.5. The number of amides is 1. The topological polar surface area (TPSA) is 95.5 Å². The minimum absolute atomic E-state index is 0.320. The molecule has 0 saturated heterocycles. The Morgan fingerprint density at radius 3 is 2.23 bits per heavy atom. The van der Waals surface area contributed by atoms with Gasteiger partial charge in [0.25, 0.3) is 0 Å². The minimum Gasteiger partial charge on any atom is -0.550 e. The predicted octanol–water partition coefficient (Wildman–Crippen LogP) is 0.968. The summed E-state index contributed by atoms with van der Waals surface area (Å²) in [6.07, 6.45) is 2.66. The standard InChI is InChI=1S/C16H19NO5/c1-22-16(21)10-6-8-11(9-7-10)17-14(18)12-4-2-3-5-13(12)15(19)20/h6-9,12-13H,2-5H2,1H3,(H,17,18)(H,19,20)/p-1/t12-,13-/m1/s1. The van der Waals surface area contributed by atoms with Crippen LogP contribution in [-0.4, -0.2) is 25.0 Å². The minimum atomic E-state index is -1.17. The molecule has 0 aliphatic heterocycles. The Morgan fingerprint density at radius 2 is 1.68 bits per heavy atom. The molecule has 1 N–H and O–H groups in total. The van der Waals surface area contributed by atoms with Crippen molar-refractivity contribution in [3.63, 3.8) is 0 Å². The van der Waals surface area contributed by atoms with Gasteiger partial charge in [0.15, 0.2) is 0 Å². The van der Waals surface area contributed by atoms with E-state index in [4.69, 9.17) is 0 Å². The van der Waals surface area contributed by atoms with Gasteiger partial charge in [0.1, 0.15) is 0 Å². The number of esters is 1. The third-order valence-electron chi connectivity index (χ3n) is 3.98. The van der Waals surface area contributed by atoms with Crippen molar-refractivity contribution in [1.29, 1.82) is 0 Å². The van der Waals surface area contributed by atoms with Crippen LogP contribution < -0.4 is 10.4 Å². The van der Waals surface area contributed by atoms with Gasteiger partial charge in [-0.05, 0) is 37.1 Å². The third-order valence-corrected chi connectivity index (χ3v) is 3.98. The summed E-state index contributed by atoms with van der Waals surface area (Å²) in [4.78, 5) is 34.7. The highest BCUT2D eigenvalue weighted by Gasteiger charge is 2.31. The second-order valence-corrected chi connectivity index (χ2v) is 5.37. The van der Waals surface area contributed by atoms with Crippen LogP contribution in [0.4, 0.5) is 5.69 Å². The zero-order valence-electron chi connectivity index (χ0n) is 12.3. The molecule has 1 saturated carbocycles. The average Bonchev–Trinajstić information content (AvgIpc) is 2.54. The first kappa shape index (κ1) is 16.0. The van der Waals surface area contributed by atoms with E-state index in [9.17, 15) is 19.5 Å². The molecule has 118 valence electrons. The van der Waals surface area contributed by atoms with Crippen molar-refractivity contribution in [2.45, 2.75) is 25.7 Å². The van der Waals surface area contributed by atoms with Gasteiger partial charge in [-0.1, -0.05) is 12.8 Å². The lowest BCUT2D eigenvalue weighted by molar-refractivity contribution is -0.313. The number of methoxy groups -OCH3 is 1. The van der Waals surface area contributed by atoms with Crippen LogP contribution in [0.15, 0.2) is 24.3 Å². The van der Waals surface area contributed by atoms with E-state index in [2.05, 4.69) is 10.1 Å². The molecule has 22 heavy (non-hydrogen) atoms. The van der Waals surface area contributed by atoms with E-state index in [0.717, 1.165) is 12.8 Å². The number of aliphatic carboxylic acids is 1. The average molecular weight is 304 g/mol. The second-order valence-electron chi connectivity index (χ2n) is 5.37. The molecule has 1 aromatic rings. The van der Waals surface area contributed by atoms with Crippen LogP contribution in [0.2, 0.25) is 0 Å². The number of rotatable bonds is 4. The lowest BCUT2D eigenvalue weighted by atomic mass is 9.78. The van der Waals surface area contributed by atoms with Gasteiger partial charge < -0.3 is 20.0 Å². The van der Waals surface area contributed by atoms with Crippen molar-refractivity contribution in [2.75, 3.05) is 12.4 Å². The second kappa shape index (κ2) is 7.06. The van der Waals surface area contributed by atoms with Crippen LogP contribution >= 0.6 is 0 Å². The lowest BCUT2D eigenvalue weighted by Crippen LogP contribution is -2.42. The van der Waals surface area contributed by atoms with Crippen molar-refractivity contribution in [2.24, 2.45) is 11.8 Å². The molecule has 6 nitrogen and oxygen atoms in total. The summed E-state index contributed by atoms with van der Waals surface area (Å²) in [7, 11) is 1.29. The molecule has 0 spiro atoms. The fourth-order valence-corrected chi connectivity index (χ4v) is 2.77. The van der Waals surface area contributed by atoms with Crippen LogP contribution in [-0.2, 0) is 14.3 Å². The molecule has 2 atom stereocenters. The van der Waals surface area contributed by atoms with Crippen molar-refractivity contribution in [3.8, 4) is 0 Å². The Morgan fingerprint density at radius 1 is 1.09 bits per heavy atom. The number of benzene rings is 1. The summed E-state index contributed by atoms with van der Waals surface area (Å²) < 4.78 is 4.59. The van der Waals surface area contributed by atoms with Crippen LogP contribution in [0.1, 0.15) is 36.0 Å². The monoisotopic (exact) mass is 304 g/mol. The van der Waals surface area contributed by atoms with Crippen molar-refractivity contribution < 1.29 is 24.2 Å². The van der Waals surface area contributed by atoms with Crippen LogP contribution in [0.3, 0.4) is 0 Å². The Hall–Kier alpha value is -2.37. The van der Waals surface area contributed by atoms with Gasteiger partial charge in [-0.15, -0.1) is 0 Å². The number of carboxylic acids is 1. The quantitative estimate of drug-likeness (QED) is 0.836. The summed E-state index contributed by atoms with van der Waals surface area (Å²) in [6, 6.07) is 6.25. The van der Waals surface area contributed by atoms with Gasteiger partial charge >= 0.3 is 5.97 Å². The van der Waals surface area contributed by atoms with Crippen molar-refractivity contribution in [3.05, 3.63) is 29.8 Å². The number of carbonyl (C=O) groups is 3. The first-order valence-electron chi connectivity index (χ1n) is 7.23. The molecule has 0 bridgehead atoms. The molecule has 0 radical (unpaired) electrons. The highest BCUT2D eigenvalue weighted by atomic mass is 16.5. The van der Waals surface area contributed by atoms with E-state index in [1.807, 2.05) is 0 Å². The number of carboxylic acid groups (broad SMARTS) is 1. The Bertz CT molecular complexity index is 566. The number of ether oxygens (including phenoxy) is 1. The third kappa shape index (κ3) is 3.63. The maximum absolute atomic E-state index is 12.3. The Labute approximate surface area is 128 Å². The van der Waals surface area contributed by atoms with Crippen LogP contribution in [0.25, 0.3) is 0 Å². The van der Waals surface area contributed by atoms with Gasteiger partial charge in [-0.2, -0.15) is 0 Å². The zero-order valence-corrected chi connectivity index (χ0v) is 12.3. The highest BCUT2D eigenvalue weighted by molar-refractivity contribution is 5.96. The zero-order chi connectivity index (χ0) is 16.1. The molecule has 1 fully saturated rings. The summed E-state index contributed by atoms with van der Waals surface area (Å²) in [6.45, 7) is 0. The summed E-state index contributed by atoms with van der Waals surface area (Å²) in [5.41, 5.74) is 0.895. The van der Waals surface area contributed by atoms with Gasteiger partial charge in [0.2, 0.25) is 5.91 Å². The van der Waals surface area contributed by atoms with E-state index in [0.29, 0.717) is 24.1 Å². The molecule has 0 aromatic heterocycles. The highest BCUT2D eigenvalue weighted by Crippen LogP contribution is 2.30. The number of carbonyl (C=O) groups excluding carboxylic acids is 3. The number of nitrogens with one attached hydrogen (secondary N) is 1. The number of hydrogen-bond donors (Lipinski definition) is 1. The fraction of sp³-hybridized carbons (Fsp3) is 0.438. The van der Waals surface area contributed by atoms with Gasteiger partial charge in [0, 0.05) is 23.5 Å². The first-order valence-corrected chi connectivity index (χ1v) is 7.23. The molecular weight excluding hydrogens is 286 g/mol. The molecule has 1 aliphatic carbocycles. The number of anilines is 1. The predicted molar refractivity (Wildman–Crippen MR) is 76.9 cm³/mol. The molecule has 1 aliphatic rings. The largest absolute Gasteiger partial charge is 0.550 e.